The number of benzene rings is 2. The number of likely N-dealkylation sites (tertiary alicyclic amines) is 1. The number of carboxylic acid groups (broad SMARTS) is 1. The molecule has 0 amide bonds. The molecule has 192 valence electrons. The number of carboxylic acids is 1. The fourth-order valence-corrected chi connectivity index (χ4v) is 6.44. The monoisotopic (exact) mass is 511 g/mol. The van der Waals surface area contributed by atoms with Crippen LogP contribution >= 0.6 is 0 Å². The molecule has 0 bridgehead atoms. The van der Waals surface area contributed by atoms with Crippen LogP contribution in [0.4, 0.5) is 13.2 Å². The number of hydrogen-bond acceptors (Lipinski definition) is 4. The van der Waals surface area contributed by atoms with Gasteiger partial charge < -0.3 is 5.11 Å². The van der Waals surface area contributed by atoms with E-state index in [0.29, 0.717) is 19.5 Å². The number of sulfone groups is 1. The SMILES string of the molecule is CC(C)(C)N1CCC(C(=O)O)(S(=O)(=O)c2ccc(-c3ccc(CCCC(F)(F)F)cc3)cc2)CC1. The van der Waals surface area contributed by atoms with Gasteiger partial charge in [0.05, 0.1) is 4.90 Å². The van der Waals surface area contributed by atoms with Crippen molar-refractivity contribution >= 4 is 15.8 Å². The lowest BCUT2D eigenvalue weighted by Crippen LogP contribution is -2.57. The second-order valence-corrected chi connectivity index (χ2v) is 12.4. The summed E-state index contributed by atoms with van der Waals surface area (Å²) in [5.41, 5.74) is 2.14. The number of alkyl halides is 3. The van der Waals surface area contributed by atoms with E-state index in [1.165, 1.54) is 12.1 Å². The van der Waals surface area contributed by atoms with E-state index in [4.69, 9.17) is 0 Å². The molecular formula is C26H32F3NO4S. The molecule has 1 fully saturated rings. The second kappa shape index (κ2) is 9.93. The molecule has 1 aliphatic rings. The van der Waals surface area contributed by atoms with Crippen molar-refractivity contribution in [2.24, 2.45) is 0 Å². The molecule has 2 aromatic rings. The quantitative estimate of drug-likeness (QED) is 0.514. The summed E-state index contributed by atoms with van der Waals surface area (Å²) in [5.74, 6) is -1.32. The number of nitrogens with zero attached hydrogens (tertiary/aromatic N) is 1. The van der Waals surface area contributed by atoms with Crippen molar-refractivity contribution in [1.82, 2.24) is 4.90 Å². The van der Waals surface area contributed by atoms with Crippen molar-refractivity contribution in [3.63, 3.8) is 0 Å². The summed E-state index contributed by atoms with van der Waals surface area (Å²) in [7, 11) is -4.14. The molecule has 35 heavy (non-hydrogen) atoms. The summed E-state index contributed by atoms with van der Waals surface area (Å²) in [5, 5.41) is 9.98. The first-order valence-corrected chi connectivity index (χ1v) is 13.1. The third-order valence-electron chi connectivity index (χ3n) is 6.80. The van der Waals surface area contributed by atoms with Gasteiger partial charge in [-0.25, -0.2) is 8.42 Å². The number of rotatable bonds is 7. The third kappa shape index (κ3) is 6.06. The van der Waals surface area contributed by atoms with Crippen molar-refractivity contribution in [1.29, 1.82) is 0 Å². The maximum Gasteiger partial charge on any atom is 0.389 e. The molecule has 0 aliphatic carbocycles. The van der Waals surface area contributed by atoms with Crippen LogP contribution in [0.3, 0.4) is 0 Å². The number of halogens is 3. The van der Waals surface area contributed by atoms with Gasteiger partial charge in [0.2, 0.25) is 0 Å². The Labute approximate surface area is 204 Å². The molecule has 0 saturated carbocycles. The lowest BCUT2D eigenvalue weighted by molar-refractivity contribution is -0.142. The van der Waals surface area contributed by atoms with Crippen LogP contribution in [0.5, 0.6) is 0 Å². The van der Waals surface area contributed by atoms with Gasteiger partial charge in [0, 0.05) is 25.0 Å². The molecule has 0 spiro atoms. The normalized spacial score (nSPS) is 17.3. The van der Waals surface area contributed by atoms with Gasteiger partial charge in [0.25, 0.3) is 0 Å². The summed E-state index contributed by atoms with van der Waals surface area (Å²) < 4.78 is 62.1. The standard InChI is InChI=1S/C26H32F3NO4S/c1-24(2,3)30-17-15-25(16-18-30,23(31)32)35(33,34)22-12-10-21(11-13-22)20-8-6-19(7-9-20)5-4-14-26(27,28)29/h6-13H,4-5,14-18H2,1-3H3,(H,31,32). The van der Waals surface area contributed by atoms with Crippen molar-refractivity contribution in [2.75, 3.05) is 13.1 Å². The summed E-state index contributed by atoms with van der Waals surface area (Å²) in [6.07, 6.45) is -4.62. The first kappa shape index (κ1) is 27.2. The highest BCUT2D eigenvalue weighted by Crippen LogP contribution is 2.38. The molecule has 9 heteroatoms. The van der Waals surface area contributed by atoms with E-state index in [9.17, 15) is 31.5 Å². The minimum absolute atomic E-state index is 0.0134. The van der Waals surface area contributed by atoms with Gasteiger partial charge >= 0.3 is 12.1 Å². The molecule has 0 radical (unpaired) electrons. The Kier molecular flexibility index (Phi) is 7.72. The van der Waals surface area contributed by atoms with Crippen molar-refractivity contribution in [2.45, 2.75) is 74.2 Å². The van der Waals surface area contributed by atoms with Crippen LogP contribution in [-0.2, 0) is 21.1 Å². The molecule has 2 aromatic carbocycles. The predicted molar refractivity (Wildman–Crippen MR) is 129 cm³/mol. The molecular weight excluding hydrogens is 479 g/mol. The fourth-order valence-electron chi connectivity index (χ4n) is 4.55. The highest BCUT2D eigenvalue weighted by Gasteiger charge is 2.54. The molecule has 1 heterocycles. The van der Waals surface area contributed by atoms with Gasteiger partial charge in [-0.15, -0.1) is 0 Å². The molecule has 1 N–H and O–H groups in total. The van der Waals surface area contributed by atoms with E-state index in [2.05, 4.69) is 4.90 Å². The van der Waals surface area contributed by atoms with Crippen LogP contribution in [0.1, 0.15) is 52.0 Å². The van der Waals surface area contributed by atoms with Crippen molar-refractivity contribution in [3.8, 4) is 11.1 Å². The zero-order valence-corrected chi connectivity index (χ0v) is 21.0. The summed E-state index contributed by atoms with van der Waals surface area (Å²) in [6.45, 7) is 6.81. The molecule has 1 saturated heterocycles. The maximum atomic E-state index is 13.5. The van der Waals surface area contributed by atoms with Gasteiger partial charge in [0.1, 0.15) is 0 Å². The third-order valence-corrected chi connectivity index (χ3v) is 9.31. The summed E-state index contributed by atoms with van der Waals surface area (Å²) in [4.78, 5) is 14.3. The zero-order valence-electron chi connectivity index (χ0n) is 20.2. The average Bonchev–Trinajstić information content (AvgIpc) is 2.78. The Balaban J connectivity index is 1.76. The largest absolute Gasteiger partial charge is 0.480 e. The minimum Gasteiger partial charge on any atom is -0.480 e. The molecule has 5 nitrogen and oxygen atoms in total. The van der Waals surface area contributed by atoms with E-state index in [1.54, 1.807) is 36.4 Å². The lowest BCUT2D eigenvalue weighted by atomic mass is 9.92. The van der Waals surface area contributed by atoms with Crippen LogP contribution in [0.2, 0.25) is 0 Å². The Morgan fingerprint density at radius 2 is 1.43 bits per heavy atom. The van der Waals surface area contributed by atoms with E-state index in [-0.39, 0.29) is 29.7 Å². The van der Waals surface area contributed by atoms with Crippen molar-refractivity contribution < 1.29 is 31.5 Å². The van der Waals surface area contributed by atoms with Crippen LogP contribution < -0.4 is 0 Å². The van der Waals surface area contributed by atoms with E-state index >= 15 is 0 Å². The minimum atomic E-state index is -4.16. The van der Waals surface area contributed by atoms with Crippen LogP contribution in [0.15, 0.2) is 53.4 Å². The number of piperidine rings is 1. The Morgan fingerprint density at radius 3 is 1.86 bits per heavy atom. The molecule has 0 unspecified atom stereocenters. The van der Waals surface area contributed by atoms with Gasteiger partial charge in [-0.05, 0) is 75.3 Å². The first-order chi connectivity index (χ1) is 16.2. The lowest BCUT2D eigenvalue weighted by Gasteiger charge is -2.44. The topological polar surface area (TPSA) is 74.7 Å². The van der Waals surface area contributed by atoms with Crippen LogP contribution in [-0.4, -0.2) is 53.9 Å². The summed E-state index contributed by atoms with van der Waals surface area (Å²) in [6, 6.07) is 13.2. The Bertz CT molecular complexity index is 1130. The smallest absolute Gasteiger partial charge is 0.389 e. The van der Waals surface area contributed by atoms with E-state index in [0.717, 1.165) is 16.7 Å². The van der Waals surface area contributed by atoms with Gasteiger partial charge in [-0.3, -0.25) is 9.69 Å². The number of aryl methyl sites for hydroxylation is 1. The van der Waals surface area contributed by atoms with Gasteiger partial charge in [-0.2, -0.15) is 13.2 Å². The van der Waals surface area contributed by atoms with Crippen LogP contribution in [0.25, 0.3) is 11.1 Å². The highest BCUT2D eigenvalue weighted by atomic mass is 32.2. The summed E-state index contributed by atoms with van der Waals surface area (Å²) >= 11 is 0. The number of hydrogen-bond donors (Lipinski definition) is 1. The molecule has 3 rings (SSSR count). The molecule has 1 aliphatic heterocycles. The molecule has 0 aromatic heterocycles. The maximum absolute atomic E-state index is 13.5. The van der Waals surface area contributed by atoms with E-state index in [1.807, 2.05) is 20.8 Å². The number of carbonyl (C=O) groups is 1. The first-order valence-electron chi connectivity index (χ1n) is 11.6. The Hall–Kier alpha value is -2.39. The zero-order chi connectivity index (χ0) is 26.1. The predicted octanol–water partition coefficient (Wildman–Crippen LogP) is 5.73. The van der Waals surface area contributed by atoms with Crippen LogP contribution in [0, 0.1) is 0 Å². The number of aliphatic carboxylic acids is 1. The second-order valence-electron chi connectivity index (χ2n) is 10.2. The molecule has 0 atom stereocenters. The fraction of sp³-hybridized carbons (Fsp3) is 0.500. The van der Waals surface area contributed by atoms with E-state index < -0.39 is 33.2 Å². The highest BCUT2D eigenvalue weighted by molar-refractivity contribution is 7.93. The van der Waals surface area contributed by atoms with Gasteiger partial charge in [-0.1, -0.05) is 36.4 Å². The Morgan fingerprint density at radius 1 is 0.943 bits per heavy atom. The average molecular weight is 512 g/mol. The van der Waals surface area contributed by atoms with Crippen molar-refractivity contribution in [3.05, 3.63) is 54.1 Å². The van der Waals surface area contributed by atoms with Gasteiger partial charge in [0.15, 0.2) is 14.6 Å².